The van der Waals surface area contributed by atoms with Gasteiger partial charge in [0.15, 0.2) is 0 Å². The summed E-state index contributed by atoms with van der Waals surface area (Å²) in [7, 11) is 1.94. The minimum Gasteiger partial charge on any atom is -0.0650 e. The molecule has 0 spiro atoms. The van der Waals surface area contributed by atoms with Crippen molar-refractivity contribution in [2.45, 2.75) is 0 Å². The van der Waals surface area contributed by atoms with Crippen molar-refractivity contribution < 1.29 is 0 Å². The molecule has 1 heterocycles. The van der Waals surface area contributed by atoms with E-state index in [1.807, 2.05) is 10.8 Å². The Balaban J connectivity index is 2.39. The first-order valence-corrected chi connectivity index (χ1v) is 6.67. The van der Waals surface area contributed by atoms with Gasteiger partial charge in [0.2, 0.25) is 0 Å². The molecule has 2 aliphatic rings. The second kappa shape index (κ2) is 2.64. The fourth-order valence-corrected chi connectivity index (χ4v) is 4.25. The summed E-state index contributed by atoms with van der Waals surface area (Å²) in [6, 6.07) is 0. The van der Waals surface area contributed by atoms with Gasteiger partial charge >= 0.3 is 0 Å². The van der Waals surface area contributed by atoms with Gasteiger partial charge in [0.1, 0.15) is 0 Å². The molecule has 0 fully saturated rings. The maximum Gasteiger partial charge on any atom is 0.0270 e. The molecule has 0 nitrogen and oxygen atoms in total. The summed E-state index contributed by atoms with van der Waals surface area (Å²) < 4.78 is 0. The van der Waals surface area contributed by atoms with E-state index in [4.69, 9.17) is 11.2 Å². The van der Waals surface area contributed by atoms with Crippen molar-refractivity contribution >= 4 is 30.5 Å². The summed E-state index contributed by atoms with van der Waals surface area (Å²) in [6.07, 6.45) is 8.62. The number of fused-ring (bicyclic) bond motifs is 1. The van der Waals surface area contributed by atoms with E-state index < -0.39 is 0 Å². The number of allylic oxidation sites excluding steroid dienone is 4. The molecule has 0 radical (unpaired) electrons. The zero-order chi connectivity index (χ0) is 6.97. The van der Waals surface area contributed by atoms with E-state index in [-0.39, 0.29) is 8.49 Å². The molecule has 0 saturated carbocycles. The van der Waals surface area contributed by atoms with Gasteiger partial charge < -0.3 is 0 Å². The topological polar surface area (TPSA) is 0 Å². The lowest BCUT2D eigenvalue weighted by atomic mass is 10.3. The molecule has 0 amide bonds. The highest BCUT2D eigenvalue weighted by atomic mass is 33.3. The Morgan fingerprint density at radius 1 is 1.60 bits per heavy atom. The first-order chi connectivity index (χ1) is 4.86. The van der Waals surface area contributed by atoms with Crippen molar-refractivity contribution in [1.29, 1.82) is 0 Å². The summed E-state index contributed by atoms with van der Waals surface area (Å²) >= 11 is 5.19. The van der Waals surface area contributed by atoms with Gasteiger partial charge in [0.25, 0.3) is 0 Å². The predicted octanol–water partition coefficient (Wildman–Crippen LogP) is 2.11. The van der Waals surface area contributed by atoms with E-state index in [1.54, 1.807) is 0 Å². The average molecular weight is 186 g/mol. The van der Waals surface area contributed by atoms with Gasteiger partial charge in [-0.2, -0.15) is 0 Å². The Bertz CT molecular complexity index is 271. The van der Waals surface area contributed by atoms with Gasteiger partial charge in [0, 0.05) is 10.7 Å². The van der Waals surface area contributed by atoms with E-state index >= 15 is 0 Å². The first kappa shape index (κ1) is 6.83. The van der Waals surface area contributed by atoms with Gasteiger partial charge in [-0.1, -0.05) is 37.5 Å². The smallest absolute Gasteiger partial charge is 0.0270 e. The van der Waals surface area contributed by atoms with Gasteiger partial charge in [0.05, 0.1) is 0 Å². The Labute approximate surface area is 71.1 Å². The summed E-state index contributed by atoms with van der Waals surface area (Å²) in [5.41, 5.74) is 1.37. The van der Waals surface area contributed by atoms with Crippen molar-refractivity contribution in [1.82, 2.24) is 0 Å². The Morgan fingerprint density at radius 2 is 2.50 bits per heavy atom. The Hall–Kier alpha value is 0.140. The highest BCUT2D eigenvalue weighted by Gasteiger charge is 2.13. The molecule has 0 aromatic rings. The van der Waals surface area contributed by atoms with Crippen LogP contribution < -0.4 is 0 Å². The van der Waals surface area contributed by atoms with Crippen molar-refractivity contribution in [2.24, 2.45) is 0 Å². The van der Waals surface area contributed by atoms with Crippen molar-refractivity contribution in [2.75, 3.05) is 5.75 Å². The largest absolute Gasteiger partial charge is 0.0650 e. The lowest BCUT2D eigenvalue weighted by molar-refractivity contribution is 1.63. The van der Waals surface area contributed by atoms with Gasteiger partial charge in [-0.05, 0) is 22.8 Å². The van der Waals surface area contributed by atoms with Crippen LogP contribution >= 0.6 is 10.8 Å². The second-order valence-corrected chi connectivity index (χ2v) is 7.20. The molecule has 1 unspecified atom stereocenters. The lowest BCUT2D eigenvalue weighted by Crippen LogP contribution is -1.95. The average Bonchev–Trinajstić information content (AvgIpc) is 2.33. The summed E-state index contributed by atoms with van der Waals surface area (Å²) in [5.74, 6) is 1.07. The molecular weight excluding hydrogens is 180 g/mol. The molecule has 0 N–H and O–H groups in total. The van der Waals surface area contributed by atoms with Crippen LogP contribution in [0.5, 0.6) is 0 Å². The maximum absolute atomic E-state index is 5.19. The predicted molar refractivity (Wildman–Crippen MR) is 52.5 cm³/mol. The third-order valence-electron chi connectivity index (χ3n) is 1.43. The summed E-state index contributed by atoms with van der Waals surface area (Å²) in [4.78, 5) is 1.37. The van der Waals surface area contributed by atoms with Crippen LogP contribution in [-0.4, -0.2) is 5.75 Å². The third kappa shape index (κ3) is 1.13. The van der Waals surface area contributed by atoms with Gasteiger partial charge in [-0.3, -0.25) is 0 Å². The van der Waals surface area contributed by atoms with E-state index in [9.17, 15) is 0 Å². The van der Waals surface area contributed by atoms with E-state index in [2.05, 4.69) is 24.3 Å². The number of rotatable bonds is 0. The van der Waals surface area contributed by atoms with Crippen LogP contribution in [0.2, 0.25) is 0 Å². The molecule has 1 atom stereocenters. The quantitative estimate of drug-likeness (QED) is 0.531. The van der Waals surface area contributed by atoms with Crippen molar-refractivity contribution in [3.05, 3.63) is 34.8 Å². The van der Waals surface area contributed by atoms with Crippen LogP contribution in [0.25, 0.3) is 0 Å². The second-order valence-electron chi connectivity index (χ2n) is 2.10. The highest BCUT2D eigenvalue weighted by molar-refractivity contribution is 8.84. The van der Waals surface area contributed by atoms with E-state index in [0.717, 1.165) is 5.75 Å². The third-order valence-corrected chi connectivity index (χ3v) is 5.13. The molecule has 52 valence electrons. The molecule has 1 aliphatic carbocycles. The van der Waals surface area contributed by atoms with Crippen molar-refractivity contribution in [3.63, 3.8) is 0 Å². The van der Waals surface area contributed by atoms with Crippen molar-refractivity contribution in [3.8, 4) is 0 Å². The van der Waals surface area contributed by atoms with E-state index in [1.165, 1.54) is 10.5 Å². The number of hydrogen-bond acceptors (Lipinski definition) is 2. The maximum atomic E-state index is 5.19. The Morgan fingerprint density at radius 3 is 3.40 bits per heavy atom. The monoisotopic (exact) mass is 186 g/mol. The van der Waals surface area contributed by atoms with E-state index in [0.29, 0.717) is 0 Å². The van der Waals surface area contributed by atoms with Crippen LogP contribution in [-0.2, 0) is 19.7 Å². The standard InChI is InChI=1S/C7H6S3/c8-10-5-4-6-2-1-3-7(6)9-10/h1-4H,5H2. The normalized spacial score (nSPS) is 29.4. The van der Waals surface area contributed by atoms with Crippen LogP contribution in [0.3, 0.4) is 0 Å². The fraction of sp³-hybridized carbons (Fsp3) is 0.143. The molecule has 3 heteroatoms. The molecule has 1 aliphatic heterocycles. The molecular formula is C7H6S3. The minimum atomic E-state index is 0.114. The van der Waals surface area contributed by atoms with Crippen LogP contribution in [0.1, 0.15) is 0 Å². The zero-order valence-electron chi connectivity index (χ0n) is 5.24. The van der Waals surface area contributed by atoms with Crippen LogP contribution in [0.15, 0.2) is 34.8 Å². The number of hydrogen-bond donors (Lipinski definition) is 0. The van der Waals surface area contributed by atoms with Crippen LogP contribution in [0.4, 0.5) is 0 Å². The first-order valence-electron chi connectivity index (χ1n) is 3.02. The molecule has 10 heavy (non-hydrogen) atoms. The fourth-order valence-electron chi connectivity index (χ4n) is 0.954. The minimum absolute atomic E-state index is 0.114. The molecule has 0 aromatic heterocycles. The highest BCUT2D eigenvalue weighted by Crippen LogP contribution is 2.35. The molecule has 0 bridgehead atoms. The molecule has 0 aromatic carbocycles. The zero-order valence-corrected chi connectivity index (χ0v) is 7.69. The molecule has 2 rings (SSSR count). The van der Waals surface area contributed by atoms with Crippen LogP contribution in [0, 0.1) is 0 Å². The summed E-state index contributed by atoms with van der Waals surface area (Å²) in [5, 5.41) is 0. The van der Waals surface area contributed by atoms with Gasteiger partial charge in [-0.25, -0.2) is 0 Å². The van der Waals surface area contributed by atoms with Gasteiger partial charge in [-0.15, -0.1) is 0 Å². The molecule has 0 saturated heterocycles. The SMILES string of the molecule is S=S1CC=C2C=CC=C2S1. The lowest BCUT2D eigenvalue weighted by Gasteiger charge is -2.10. The summed E-state index contributed by atoms with van der Waals surface area (Å²) in [6.45, 7) is 0. The Kier molecular flexibility index (Phi) is 1.80.